The minimum absolute atomic E-state index is 0.0488. The number of aryl methyl sites for hydroxylation is 1. The van der Waals surface area contributed by atoms with Crippen LogP contribution in [0.4, 0.5) is 0 Å². The fourth-order valence-corrected chi connectivity index (χ4v) is 3.97. The van der Waals surface area contributed by atoms with Crippen LogP contribution in [-0.2, 0) is 4.79 Å². The Bertz CT molecular complexity index is 1530. The maximum absolute atomic E-state index is 13.2. The van der Waals surface area contributed by atoms with Crippen LogP contribution < -0.4 is 20.2 Å². The molecule has 4 rings (SSSR count). The van der Waals surface area contributed by atoms with Gasteiger partial charge < -0.3 is 14.8 Å². The predicted molar refractivity (Wildman–Crippen MR) is 150 cm³/mol. The van der Waals surface area contributed by atoms with Gasteiger partial charge in [0.1, 0.15) is 22.3 Å². The number of hydrogen-bond acceptors (Lipinski definition) is 6. The molecular formula is C29H26ClN5O4. The monoisotopic (exact) mass is 543 g/mol. The van der Waals surface area contributed by atoms with E-state index in [1.807, 2.05) is 30.3 Å². The summed E-state index contributed by atoms with van der Waals surface area (Å²) in [7, 11) is 3.04. The molecule has 0 saturated carbocycles. The molecule has 10 heteroatoms. The third kappa shape index (κ3) is 6.52. The lowest BCUT2D eigenvalue weighted by Gasteiger charge is -2.11. The van der Waals surface area contributed by atoms with Crippen LogP contribution in [-0.4, -0.2) is 42.0 Å². The molecule has 2 amide bonds. The van der Waals surface area contributed by atoms with E-state index in [1.54, 1.807) is 67.2 Å². The molecule has 9 nitrogen and oxygen atoms in total. The Kier molecular flexibility index (Phi) is 8.75. The molecule has 0 aliphatic carbocycles. The Morgan fingerprint density at radius 1 is 0.974 bits per heavy atom. The topological polar surface area (TPSA) is 107 Å². The van der Waals surface area contributed by atoms with E-state index >= 15 is 0 Å². The van der Waals surface area contributed by atoms with Gasteiger partial charge in [-0.05, 0) is 49.4 Å². The smallest absolute Gasteiger partial charge is 0.287 e. The summed E-state index contributed by atoms with van der Waals surface area (Å²) in [4.78, 5) is 26.1. The molecule has 0 unspecified atom stereocenters. The summed E-state index contributed by atoms with van der Waals surface area (Å²) in [6, 6.07) is 23.1. The summed E-state index contributed by atoms with van der Waals surface area (Å²) in [6.07, 6.45) is 2.90. The number of amides is 2. The molecule has 0 spiro atoms. The Morgan fingerprint density at radius 2 is 1.67 bits per heavy atom. The number of ether oxygens (including phenoxy) is 2. The minimum atomic E-state index is -0.655. The first kappa shape index (κ1) is 27.2. The third-order valence-corrected chi connectivity index (χ3v) is 6.04. The molecule has 2 N–H and O–H groups in total. The standard InChI is InChI=1S/C29H26ClN5O4/c1-19-24(27(30)35(34-19)22-12-8-5-9-13-22)18-31-33-29(37)25(32-28(36)20-10-6-4-7-11-20)16-21-14-15-23(38-2)17-26(21)39-3/h4-18H,1-3H3,(H,32,36)(H,33,37)/b25-16+,31-18-. The first-order valence-corrected chi connectivity index (χ1v) is 12.2. The molecule has 1 heterocycles. The minimum Gasteiger partial charge on any atom is -0.497 e. The van der Waals surface area contributed by atoms with Gasteiger partial charge in [-0.3, -0.25) is 9.59 Å². The van der Waals surface area contributed by atoms with Crippen molar-refractivity contribution in [3.05, 3.63) is 112 Å². The normalized spacial score (nSPS) is 11.3. The Labute approximate surface area is 230 Å². The number of carbonyl (C=O) groups excluding carboxylic acids is 2. The molecule has 0 fully saturated rings. The van der Waals surface area contributed by atoms with Gasteiger partial charge in [0.25, 0.3) is 11.8 Å². The van der Waals surface area contributed by atoms with Crippen LogP contribution in [0.5, 0.6) is 11.5 Å². The van der Waals surface area contributed by atoms with Crippen molar-refractivity contribution < 1.29 is 19.1 Å². The van der Waals surface area contributed by atoms with Gasteiger partial charge in [0.2, 0.25) is 0 Å². The zero-order valence-electron chi connectivity index (χ0n) is 21.5. The van der Waals surface area contributed by atoms with Crippen molar-refractivity contribution in [1.82, 2.24) is 20.5 Å². The quantitative estimate of drug-likeness (QED) is 0.180. The summed E-state index contributed by atoms with van der Waals surface area (Å²) in [5.74, 6) is -0.0850. The fraction of sp³-hybridized carbons (Fsp3) is 0.103. The largest absolute Gasteiger partial charge is 0.497 e. The maximum Gasteiger partial charge on any atom is 0.287 e. The zero-order valence-corrected chi connectivity index (χ0v) is 22.3. The lowest BCUT2D eigenvalue weighted by atomic mass is 10.1. The van der Waals surface area contributed by atoms with E-state index in [1.165, 1.54) is 19.4 Å². The van der Waals surface area contributed by atoms with Crippen LogP contribution in [0.15, 0.2) is 89.7 Å². The molecular weight excluding hydrogens is 518 g/mol. The first-order chi connectivity index (χ1) is 18.9. The predicted octanol–water partition coefficient (Wildman–Crippen LogP) is 4.77. The number of rotatable bonds is 9. The SMILES string of the molecule is COc1ccc(/C=C(/NC(=O)c2ccccc2)C(=O)N/N=C\c2c(C)nn(-c3ccccc3)c2Cl)c(OC)c1. The van der Waals surface area contributed by atoms with E-state index in [4.69, 9.17) is 21.1 Å². The van der Waals surface area contributed by atoms with Crippen LogP contribution >= 0.6 is 11.6 Å². The molecule has 0 aliphatic rings. The highest BCUT2D eigenvalue weighted by Crippen LogP contribution is 2.26. The van der Waals surface area contributed by atoms with Crippen LogP contribution in [0.3, 0.4) is 0 Å². The first-order valence-electron chi connectivity index (χ1n) is 11.9. The number of hydrogen-bond donors (Lipinski definition) is 2. The molecule has 198 valence electrons. The van der Waals surface area contributed by atoms with Gasteiger partial charge in [-0.2, -0.15) is 10.2 Å². The fourth-order valence-electron chi connectivity index (χ4n) is 3.65. The van der Waals surface area contributed by atoms with Gasteiger partial charge in [-0.25, -0.2) is 10.1 Å². The van der Waals surface area contributed by atoms with Gasteiger partial charge >= 0.3 is 0 Å². The molecule has 0 bridgehead atoms. The summed E-state index contributed by atoms with van der Waals surface area (Å²) in [6.45, 7) is 1.79. The van der Waals surface area contributed by atoms with Crippen LogP contribution in [0.2, 0.25) is 5.15 Å². The van der Waals surface area contributed by atoms with E-state index in [-0.39, 0.29) is 5.70 Å². The Balaban J connectivity index is 1.61. The second-order valence-corrected chi connectivity index (χ2v) is 8.58. The maximum atomic E-state index is 13.2. The van der Waals surface area contributed by atoms with Crippen molar-refractivity contribution in [2.75, 3.05) is 14.2 Å². The van der Waals surface area contributed by atoms with Crippen molar-refractivity contribution in [3.63, 3.8) is 0 Å². The Morgan fingerprint density at radius 3 is 2.33 bits per heavy atom. The van der Waals surface area contributed by atoms with Gasteiger partial charge in [-0.1, -0.05) is 48.0 Å². The summed E-state index contributed by atoms with van der Waals surface area (Å²) >= 11 is 6.55. The van der Waals surface area contributed by atoms with E-state index in [0.717, 1.165) is 5.69 Å². The number of nitrogens with zero attached hydrogens (tertiary/aromatic N) is 3. The average molecular weight is 544 g/mol. The lowest BCUT2D eigenvalue weighted by Crippen LogP contribution is -2.32. The van der Waals surface area contributed by atoms with Crippen molar-refractivity contribution in [2.24, 2.45) is 5.10 Å². The summed E-state index contributed by atoms with van der Waals surface area (Å²) < 4.78 is 12.3. The van der Waals surface area contributed by atoms with E-state index in [9.17, 15) is 9.59 Å². The molecule has 0 aliphatic heterocycles. The summed E-state index contributed by atoms with van der Waals surface area (Å²) in [5.41, 5.74) is 5.29. The lowest BCUT2D eigenvalue weighted by molar-refractivity contribution is -0.117. The molecule has 0 radical (unpaired) electrons. The van der Waals surface area contributed by atoms with Crippen molar-refractivity contribution in [2.45, 2.75) is 6.92 Å². The molecule has 39 heavy (non-hydrogen) atoms. The highest BCUT2D eigenvalue weighted by molar-refractivity contribution is 6.32. The summed E-state index contributed by atoms with van der Waals surface area (Å²) in [5, 5.41) is 11.5. The van der Waals surface area contributed by atoms with Crippen LogP contribution in [0, 0.1) is 6.92 Å². The van der Waals surface area contributed by atoms with Gasteiger partial charge in [0.05, 0.1) is 37.4 Å². The second kappa shape index (κ2) is 12.6. The zero-order chi connectivity index (χ0) is 27.8. The molecule has 3 aromatic carbocycles. The molecule has 1 aromatic heterocycles. The number of nitrogens with one attached hydrogen (secondary N) is 2. The number of methoxy groups -OCH3 is 2. The Hall–Kier alpha value is -4.89. The number of halogens is 1. The van der Waals surface area contributed by atoms with E-state index < -0.39 is 11.8 Å². The number of carbonyl (C=O) groups is 2. The van der Waals surface area contributed by atoms with Crippen molar-refractivity contribution in [3.8, 4) is 17.2 Å². The third-order valence-electron chi connectivity index (χ3n) is 5.68. The molecule has 0 saturated heterocycles. The van der Waals surface area contributed by atoms with Crippen molar-refractivity contribution >= 4 is 35.7 Å². The van der Waals surface area contributed by atoms with Gasteiger partial charge in [0.15, 0.2) is 0 Å². The second-order valence-electron chi connectivity index (χ2n) is 8.22. The number of hydrazone groups is 1. The average Bonchev–Trinajstić information content (AvgIpc) is 3.26. The van der Waals surface area contributed by atoms with Crippen LogP contribution in [0.1, 0.15) is 27.2 Å². The van der Waals surface area contributed by atoms with E-state index in [0.29, 0.717) is 39.0 Å². The van der Waals surface area contributed by atoms with Crippen LogP contribution in [0.25, 0.3) is 11.8 Å². The highest BCUT2D eigenvalue weighted by atomic mass is 35.5. The number of para-hydroxylation sites is 1. The molecule has 4 aromatic rings. The number of aromatic nitrogens is 2. The van der Waals surface area contributed by atoms with Gasteiger partial charge in [-0.15, -0.1) is 0 Å². The number of benzene rings is 3. The van der Waals surface area contributed by atoms with E-state index in [2.05, 4.69) is 20.9 Å². The highest BCUT2D eigenvalue weighted by Gasteiger charge is 2.17. The van der Waals surface area contributed by atoms with Crippen molar-refractivity contribution in [1.29, 1.82) is 0 Å². The molecule has 0 atom stereocenters. The van der Waals surface area contributed by atoms with Gasteiger partial charge in [0, 0.05) is 17.2 Å².